The van der Waals surface area contributed by atoms with Crippen LogP contribution in [0.5, 0.6) is 0 Å². The highest BCUT2D eigenvalue weighted by atomic mass is 79.9. The monoisotopic (exact) mass is 345 g/mol. The molecule has 3 rings (SSSR count). The predicted octanol–water partition coefficient (Wildman–Crippen LogP) is 4.02. The van der Waals surface area contributed by atoms with Crippen LogP contribution in [0.1, 0.15) is 35.9 Å². The van der Waals surface area contributed by atoms with Crippen LogP contribution in [-0.4, -0.2) is 17.8 Å². The van der Waals surface area contributed by atoms with Crippen molar-refractivity contribution in [2.24, 2.45) is 0 Å². The average Bonchev–Trinajstić information content (AvgIpc) is 2.48. The molecule has 0 radical (unpaired) electrons. The molecule has 2 aromatic carbocycles. The van der Waals surface area contributed by atoms with Gasteiger partial charge in [-0.15, -0.1) is 0 Å². The van der Waals surface area contributed by atoms with E-state index in [9.17, 15) is 5.11 Å². The summed E-state index contributed by atoms with van der Waals surface area (Å²) in [5.74, 6) is 0.619. The van der Waals surface area contributed by atoms with Gasteiger partial charge in [-0.1, -0.05) is 64.5 Å². The highest BCUT2D eigenvalue weighted by Crippen LogP contribution is 2.40. The fourth-order valence-electron chi connectivity index (χ4n) is 3.04. The Balaban J connectivity index is 1.58. The molecular formula is C18H20BrNO. The van der Waals surface area contributed by atoms with Gasteiger partial charge >= 0.3 is 0 Å². The maximum Gasteiger partial charge on any atom is 0.0626 e. The summed E-state index contributed by atoms with van der Waals surface area (Å²) in [5.41, 5.74) is 2.56. The molecule has 0 saturated heterocycles. The molecule has 1 aliphatic carbocycles. The number of benzene rings is 2. The highest BCUT2D eigenvalue weighted by Gasteiger charge is 2.32. The molecule has 1 aliphatic rings. The first-order valence-electron chi connectivity index (χ1n) is 7.44. The molecule has 2 aromatic rings. The predicted molar refractivity (Wildman–Crippen MR) is 89.3 cm³/mol. The maximum absolute atomic E-state index is 9.61. The van der Waals surface area contributed by atoms with E-state index in [2.05, 4.69) is 57.6 Å². The molecular weight excluding hydrogens is 326 g/mol. The minimum Gasteiger partial charge on any atom is -0.394 e. The fraction of sp³-hybridized carbons (Fsp3) is 0.333. The molecule has 0 amide bonds. The van der Waals surface area contributed by atoms with E-state index in [1.54, 1.807) is 0 Å². The Morgan fingerprint density at radius 1 is 1.05 bits per heavy atom. The van der Waals surface area contributed by atoms with Crippen molar-refractivity contribution in [2.75, 3.05) is 6.61 Å². The number of hydrogen-bond acceptors (Lipinski definition) is 2. The third kappa shape index (κ3) is 3.37. The van der Waals surface area contributed by atoms with Gasteiger partial charge < -0.3 is 10.4 Å². The van der Waals surface area contributed by atoms with Crippen molar-refractivity contribution < 1.29 is 5.11 Å². The van der Waals surface area contributed by atoms with Gasteiger partial charge in [0.15, 0.2) is 0 Å². The first-order chi connectivity index (χ1) is 10.3. The summed E-state index contributed by atoms with van der Waals surface area (Å²) in [6.45, 7) is 0.139. The van der Waals surface area contributed by atoms with Crippen LogP contribution in [0.3, 0.4) is 0 Å². The molecule has 0 spiro atoms. The normalized spacial score (nSPS) is 22.6. The number of hydrogen-bond donors (Lipinski definition) is 2. The van der Waals surface area contributed by atoms with Gasteiger partial charge in [-0.25, -0.2) is 0 Å². The lowest BCUT2D eigenvalue weighted by molar-refractivity contribution is 0.197. The number of aliphatic hydroxyl groups excluding tert-OH is 1. The summed E-state index contributed by atoms with van der Waals surface area (Å²) in [7, 11) is 0. The van der Waals surface area contributed by atoms with Gasteiger partial charge in [-0.05, 0) is 36.0 Å². The van der Waals surface area contributed by atoms with E-state index in [0.717, 1.165) is 18.4 Å². The molecule has 0 aromatic heterocycles. The molecule has 21 heavy (non-hydrogen) atoms. The molecule has 0 aliphatic heterocycles. The molecule has 1 atom stereocenters. The Morgan fingerprint density at radius 2 is 1.71 bits per heavy atom. The SMILES string of the molecule is OCC(NC1CC(c2ccccc2Br)C1)c1ccccc1. The Kier molecular flexibility index (Phi) is 4.73. The first-order valence-corrected chi connectivity index (χ1v) is 8.23. The van der Waals surface area contributed by atoms with Gasteiger partial charge in [-0.3, -0.25) is 0 Å². The molecule has 110 valence electrons. The summed E-state index contributed by atoms with van der Waals surface area (Å²) in [6, 6.07) is 19.2. The van der Waals surface area contributed by atoms with Gasteiger partial charge in [-0.2, -0.15) is 0 Å². The van der Waals surface area contributed by atoms with Crippen LogP contribution in [0.15, 0.2) is 59.1 Å². The van der Waals surface area contributed by atoms with Crippen LogP contribution in [0, 0.1) is 0 Å². The largest absolute Gasteiger partial charge is 0.394 e. The maximum atomic E-state index is 9.61. The topological polar surface area (TPSA) is 32.3 Å². The van der Waals surface area contributed by atoms with E-state index in [4.69, 9.17) is 0 Å². The smallest absolute Gasteiger partial charge is 0.0626 e. The van der Waals surface area contributed by atoms with Gasteiger partial charge in [0, 0.05) is 10.5 Å². The van der Waals surface area contributed by atoms with Crippen LogP contribution in [-0.2, 0) is 0 Å². The van der Waals surface area contributed by atoms with E-state index < -0.39 is 0 Å². The highest BCUT2D eigenvalue weighted by molar-refractivity contribution is 9.10. The fourth-order valence-corrected chi connectivity index (χ4v) is 3.65. The van der Waals surface area contributed by atoms with Gasteiger partial charge in [0.05, 0.1) is 12.6 Å². The van der Waals surface area contributed by atoms with Crippen molar-refractivity contribution in [2.45, 2.75) is 30.8 Å². The standard InChI is InChI=1S/C18H20BrNO/c19-17-9-5-4-8-16(17)14-10-15(11-14)20-18(12-21)13-6-2-1-3-7-13/h1-9,14-15,18,20-21H,10-12H2. The van der Waals surface area contributed by atoms with Crippen molar-refractivity contribution in [3.05, 3.63) is 70.2 Å². The van der Waals surface area contributed by atoms with Crippen LogP contribution < -0.4 is 5.32 Å². The first kappa shape index (κ1) is 14.8. The van der Waals surface area contributed by atoms with Crippen LogP contribution in [0.2, 0.25) is 0 Å². The average molecular weight is 346 g/mol. The third-order valence-corrected chi connectivity index (χ3v) is 5.03. The quantitative estimate of drug-likeness (QED) is 0.857. The second-order valence-electron chi connectivity index (χ2n) is 5.70. The number of nitrogens with one attached hydrogen (secondary N) is 1. The molecule has 2 nitrogen and oxygen atoms in total. The van der Waals surface area contributed by atoms with E-state index in [1.165, 1.54) is 10.0 Å². The van der Waals surface area contributed by atoms with Crippen LogP contribution in [0.4, 0.5) is 0 Å². The zero-order chi connectivity index (χ0) is 14.7. The molecule has 0 bridgehead atoms. The Labute approximate surface area is 134 Å². The Morgan fingerprint density at radius 3 is 2.38 bits per heavy atom. The van der Waals surface area contributed by atoms with Crippen molar-refractivity contribution >= 4 is 15.9 Å². The van der Waals surface area contributed by atoms with Crippen molar-refractivity contribution in [1.82, 2.24) is 5.32 Å². The van der Waals surface area contributed by atoms with Crippen LogP contribution in [0.25, 0.3) is 0 Å². The Bertz CT molecular complexity index is 581. The van der Waals surface area contributed by atoms with E-state index in [-0.39, 0.29) is 12.6 Å². The lowest BCUT2D eigenvalue weighted by atomic mass is 9.75. The van der Waals surface area contributed by atoms with E-state index >= 15 is 0 Å². The van der Waals surface area contributed by atoms with Crippen molar-refractivity contribution in [1.29, 1.82) is 0 Å². The minimum absolute atomic E-state index is 0.0383. The molecule has 1 fully saturated rings. The van der Waals surface area contributed by atoms with Gasteiger partial charge in [0.25, 0.3) is 0 Å². The summed E-state index contributed by atoms with van der Waals surface area (Å²) < 4.78 is 1.20. The molecule has 2 N–H and O–H groups in total. The number of rotatable bonds is 5. The summed E-state index contributed by atoms with van der Waals surface area (Å²) in [4.78, 5) is 0. The third-order valence-electron chi connectivity index (χ3n) is 4.30. The second kappa shape index (κ2) is 6.73. The zero-order valence-corrected chi connectivity index (χ0v) is 13.5. The lowest BCUT2D eigenvalue weighted by Gasteiger charge is -2.39. The Hall–Kier alpha value is -1.16. The number of aliphatic hydroxyl groups is 1. The molecule has 1 saturated carbocycles. The lowest BCUT2D eigenvalue weighted by Crippen LogP contribution is -2.43. The van der Waals surface area contributed by atoms with E-state index in [0.29, 0.717) is 12.0 Å². The van der Waals surface area contributed by atoms with Crippen LogP contribution >= 0.6 is 15.9 Å². The molecule has 3 heteroatoms. The minimum atomic E-state index is 0.0383. The van der Waals surface area contributed by atoms with Gasteiger partial charge in [0.2, 0.25) is 0 Å². The van der Waals surface area contributed by atoms with E-state index in [1.807, 2.05) is 18.2 Å². The molecule has 0 heterocycles. The van der Waals surface area contributed by atoms with Gasteiger partial charge in [0.1, 0.15) is 0 Å². The zero-order valence-electron chi connectivity index (χ0n) is 11.9. The number of halogens is 1. The second-order valence-corrected chi connectivity index (χ2v) is 6.55. The van der Waals surface area contributed by atoms with Crippen molar-refractivity contribution in [3.8, 4) is 0 Å². The van der Waals surface area contributed by atoms with Crippen molar-refractivity contribution in [3.63, 3.8) is 0 Å². The summed E-state index contributed by atoms with van der Waals surface area (Å²) >= 11 is 3.63. The summed E-state index contributed by atoms with van der Waals surface area (Å²) in [5, 5.41) is 13.2. The molecule has 1 unspecified atom stereocenters. The summed E-state index contributed by atoms with van der Waals surface area (Å²) in [6.07, 6.45) is 2.26.